The molecular formula is C19H19ClN2O4. The first-order chi connectivity index (χ1) is 12.6. The van der Waals surface area contributed by atoms with E-state index in [1.54, 1.807) is 24.3 Å². The van der Waals surface area contributed by atoms with Gasteiger partial charge in [0.2, 0.25) is 0 Å². The Morgan fingerprint density at radius 1 is 1.12 bits per heavy atom. The van der Waals surface area contributed by atoms with E-state index in [1.165, 1.54) is 13.3 Å². The molecule has 2 rings (SSSR count). The van der Waals surface area contributed by atoms with Crippen LogP contribution < -0.4 is 5.32 Å². The summed E-state index contributed by atoms with van der Waals surface area (Å²) in [5.41, 5.74) is 2.27. The number of carbonyl (C=O) groups is 2. The van der Waals surface area contributed by atoms with Gasteiger partial charge in [-0.2, -0.15) is 0 Å². The number of halogens is 1. The molecule has 6 nitrogen and oxygen atoms in total. The van der Waals surface area contributed by atoms with E-state index in [-0.39, 0.29) is 12.5 Å². The van der Waals surface area contributed by atoms with Crippen LogP contribution in [0.4, 0.5) is 0 Å². The van der Waals surface area contributed by atoms with Gasteiger partial charge in [-0.15, -0.1) is 0 Å². The first-order valence-corrected chi connectivity index (χ1v) is 8.31. The predicted octanol–water partition coefficient (Wildman–Crippen LogP) is 2.84. The summed E-state index contributed by atoms with van der Waals surface area (Å²) in [4.78, 5) is 28.0. The minimum absolute atomic E-state index is 0.169. The number of amides is 1. The van der Waals surface area contributed by atoms with Gasteiger partial charge in [-0.1, -0.05) is 41.0 Å². The number of methoxy groups -OCH3 is 1. The predicted molar refractivity (Wildman–Crippen MR) is 99.5 cm³/mol. The Balaban J connectivity index is 1.66. The summed E-state index contributed by atoms with van der Waals surface area (Å²) in [5, 5.41) is 7.17. The summed E-state index contributed by atoms with van der Waals surface area (Å²) in [6.45, 7) is 0.333. The van der Waals surface area contributed by atoms with Gasteiger partial charge in [0.25, 0.3) is 5.91 Å². The molecule has 0 spiro atoms. The van der Waals surface area contributed by atoms with Crippen molar-refractivity contribution in [3.8, 4) is 0 Å². The highest BCUT2D eigenvalue weighted by molar-refractivity contribution is 6.30. The van der Waals surface area contributed by atoms with Gasteiger partial charge in [0.15, 0.2) is 6.61 Å². The Bertz CT molecular complexity index is 758. The smallest absolute Gasteiger partial charge is 0.337 e. The number of hydrogen-bond donors (Lipinski definition) is 1. The van der Waals surface area contributed by atoms with Gasteiger partial charge in [0, 0.05) is 11.6 Å². The van der Waals surface area contributed by atoms with Crippen molar-refractivity contribution in [3.05, 3.63) is 70.2 Å². The van der Waals surface area contributed by atoms with Crippen LogP contribution in [0.5, 0.6) is 0 Å². The fraction of sp³-hybridized carbons (Fsp3) is 0.211. The van der Waals surface area contributed by atoms with Crippen molar-refractivity contribution < 1.29 is 19.2 Å². The van der Waals surface area contributed by atoms with Crippen LogP contribution in [0, 0.1) is 0 Å². The van der Waals surface area contributed by atoms with Gasteiger partial charge in [-0.05, 0) is 41.8 Å². The highest BCUT2D eigenvalue weighted by Gasteiger charge is 2.04. The minimum Gasteiger partial charge on any atom is -0.465 e. The molecule has 26 heavy (non-hydrogen) atoms. The Morgan fingerprint density at radius 3 is 2.46 bits per heavy atom. The SMILES string of the molecule is COC(=O)c1ccc(C=NOCC(=O)NCCc2ccc(Cl)cc2)cc1. The maximum atomic E-state index is 11.7. The molecule has 0 unspecified atom stereocenters. The van der Waals surface area contributed by atoms with Crippen molar-refractivity contribution in [2.75, 3.05) is 20.3 Å². The number of esters is 1. The molecule has 0 aliphatic heterocycles. The highest BCUT2D eigenvalue weighted by atomic mass is 35.5. The Morgan fingerprint density at radius 2 is 1.81 bits per heavy atom. The molecule has 136 valence electrons. The molecular weight excluding hydrogens is 356 g/mol. The zero-order valence-electron chi connectivity index (χ0n) is 14.3. The van der Waals surface area contributed by atoms with E-state index in [0.717, 1.165) is 11.1 Å². The van der Waals surface area contributed by atoms with Crippen LogP contribution in [0.1, 0.15) is 21.5 Å². The summed E-state index contributed by atoms with van der Waals surface area (Å²) in [5.74, 6) is -0.655. The number of benzene rings is 2. The fourth-order valence-corrected chi connectivity index (χ4v) is 2.19. The molecule has 2 aromatic rings. The van der Waals surface area contributed by atoms with Crippen LogP contribution in [0.2, 0.25) is 5.02 Å². The van der Waals surface area contributed by atoms with Crippen LogP contribution in [-0.4, -0.2) is 38.4 Å². The maximum Gasteiger partial charge on any atom is 0.337 e. The third kappa shape index (κ3) is 6.57. The molecule has 0 aromatic heterocycles. The van der Waals surface area contributed by atoms with E-state index < -0.39 is 5.97 Å². The van der Waals surface area contributed by atoms with Crippen LogP contribution >= 0.6 is 11.6 Å². The van der Waals surface area contributed by atoms with Crippen molar-refractivity contribution in [2.45, 2.75) is 6.42 Å². The molecule has 0 atom stereocenters. The molecule has 0 aliphatic rings. The highest BCUT2D eigenvalue weighted by Crippen LogP contribution is 2.09. The topological polar surface area (TPSA) is 77.0 Å². The van der Waals surface area contributed by atoms with Crippen LogP contribution in [0.25, 0.3) is 0 Å². The van der Waals surface area contributed by atoms with Crippen molar-refractivity contribution in [2.24, 2.45) is 5.16 Å². The Labute approximate surface area is 156 Å². The number of rotatable bonds is 8. The van der Waals surface area contributed by atoms with Gasteiger partial charge in [0.1, 0.15) is 0 Å². The number of carbonyl (C=O) groups excluding carboxylic acids is 2. The van der Waals surface area contributed by atoms with Gasteiger partial charge in [-0.3, -0.25) is 4.79 Å². The van der Waals surface area contributed by atoms with Crippen LogP contribution in [0.15, 0.2) is 53.7 Å². The quantitative estimate of drug-likeness (QED) is 0.438. The minimum atomic E-state index is -0.403. The molecule has 0 saturated carbocycles. The second-order valence-electron chi connectivity index (χ2n) is 5.35. The molecule has 1 N–H and O–H groups in total. The molecule has 2 aromatic carbocycles. The maximum absolute atomic E-state index is 11.7. The van der Waals surface area contributed by atoms with Gasteiger partial charge in [0.05, 0.1) is 18.9 Å². The van der Waals surface area contributed by atoms with Crippen molar-refractivity contribution in [1.29, 1.82) is 0 Å². The number of nitrogens with zero attached hydrogens (tertiary/aromatic N) is 1. The summed E-state index contributed by atoms with van der Waals surface area (Å²) < 4.78 is 4.62. The lowest BCUT2D eigenvalue weighted by atomic mass is 10.1. The summed E-state index contributed by atoms with van der Waals surface area (Å²) >= 11 is 5.82. The fourth-order valence-electron chi connectivity index (χ4n) is 2.07. The molecule has 0 heterocycles. The normalized spacial score (nSPS) is 10.5. The molecule has 0 bridgehead atoms. The van der Waals surface area contributed by atoms with Gasteiger partial charge >= 0.3 is 5.97 Å². The van der Waals surface area contributed by atoms with E-state index >= 15 is 0 Å². The zero-order valence-corrected chi connectivity index (χ0v) is 15.0. The molecule has 0 fully saturated rings. The standard InChI is InChI=1S/C19H19ClN2O4/c1-25-19(24)16-6-2-15(3-7-16)12-22-26-13-18(23)21-11-10-14-4-8-17(20)9-5-14/h2-9,12H,10-11,13H2,1H3,(H,21,23). The monoisotopic (exact) mass is 374 g/mol. The molecule has 0 saturated heterocycles. The summed E-state index contributed by atoms with van der Waals surface area (Å²) in [6.07, 6.45) is 2.17. The van der Waals surface area contributed by atoms with E-state index in [0.29, 0.717) is 23.6 Å². The Hall–Kier alpha value is -2.86. The first-order valence-electron chi connectivity index (χ1n) is 7.93. The number of ether oxygens (including phenoxy) is 1. The lowest BCUT2D eigenvalue weighted by Gasteiger charge is -2.04. The summed E-state index contributed by atoms with van der Waals surface area (Å²) in [7, 11) is 1.33. The number of hydrogen-bond acceptors (Lipinski definition) is 5. The molecule has 0 aliphatic carbocycles. The van der Waals surface area contributed by atoms with Crippen molar-refractivity contribution in [3.63, 3.8) is 0 Å². The second kappa shape index (κ2) is 10.2. The van der Waals surface area contributed by atoms with E-state index in [1.807, 2.05) is 24.3 Å². The van der Waals surface area contributed by atoms with Crippen molar-refractivity contribution in [1.82, 2.24) is 5.32 Å². The average molecular weight is 375 g/mol. The number of nitrogens with one attached hydrogen (secondary N) is 1. The lowest BCUT2D eigenvalue weighted by molar-refractivity contribution is -0.125. The third-order valence-electron chi connectivity index (χ3n) is 3.45. The lowest BCUT2D eigenvalue weighted by Crippen LogP contribution is -2.28. The molecule has 0 radical (unpaired) electrons. The van der Waals surface area contributed by atoms with E-state index in [4.69, 9.17) is 16.4 Å². The second-order valence-corrected chi connectivity index (χ2v) is 5.78. The number of oxime groups is 1. The van der Waals surface area contributed by atoms with Gasteiger partial charge in [-0.25, -0.2) is 4.79 Å². The molecule has 7 heteroatoms. The van der Waals surface area contributed by atoms with Crippen LogP contribution in [0.3, 0.4) is 0 Å². The van der Waals surface area contributed by atoms with E-state index in [2.05, 4.69) is 15.2 Å². The van der Waals surface area contributed by atoms with Gasteiger partial charge < -0.3 is 14.9 Å². The molecule has 1 amide bonds. The zero-order chi connectivity index (χ0) is 18.8. The van der Waals surface area contributed by atoms with Crippen LogP contribution in [-0.2, 0) is 20.8 Å². The largest absolute Gasteiger partial charge is 0.465 e. The average Bonchev–Trinajstić information content (AvgIpc) is 2.66. The summed E-state index contributed by atoms with van der Waals surface area (Å²) in [6, 6.07) is 14.1. The van der Waals surface area contributed by atoms with E-state index in [9.17, 15) is 9.59 Å². The van der Waals surface area contributed by atoms with Crippen molar-refractivity contribution >= 4 is 29.7 Å². The third-order valence-corrected chi connectivity index (χ3v) is 3.70. The Kier molecular flexibility index (Phi) is 7.64. The first kappa shape index (κ1) is 19.5.